The zero-order valence-corrected chi connectivity index (χ0v) is 15.9. The van der Waals surface area contributed by atoms with Gasteiger partial charge in [0.1, 0.15) is 16.9 Å². The van der Waals surface area contributed by atoms with Crippen molar-refractivity contribution in [2.75, 3.05) is 26.6 Å². The Labute approximate surface area is 157 Å². The third kappa shape index (κ3) is 3.72. The second-order valence-corrected chi connectivity index (χ2v) is 6.77. The summed E-state index contributed by atoms with van der Waals surface area (Å²) in [7, 11) is 3.25. The fourth-order valence-electron chi connectivity index (χ4n) is 2.92. The minimum Gasteiger partial charge on any atom is -0.496 e. The molecule has 1 aliphatic rings. The Kier molecular flexibility index (Phi) is 5.88. The van der Waals surface area contributed by atoms with Gasteiger partial charge in [-0.1, -0.05) is 12.1 Å². The van der Waals surface area contributed by atoms with E-state index in [0.717, 1.165) is 11.1 Å². The first-order valence-electron chi connectivity index (χ1n) is 8.37. The maximum atomic E-state index is 12.5. The van der Waals surface area contributed by atoms with Crippen LogP contribution in [0.1, 0.15) is 23.4 Å². The molecule has 0 saturated carbocycles. The fraction of sp³-hybridized carbons (Fsp3) is 0.368. The van der Waals surface area contributed by atoms with Crippen LogP contribution < -0.4 is 14.2 Å². The first-order chi connectivity index (χ1) is 12.7. The zero-order valence-electron chi connectivity index (χ0n) is 15.1. The minimum atomic E-state index is -0.167. The predicted octanol–water partition coefficient (Wildman–Crippen LogP) is 3.27. The molecule has 3 rings (SSSR count). The number of aromatic nitrogens is 1. The molecule has 1 aliphatic heterocycles. The number of amides is 1. The number of hydrogen-bond donors (Lipinski definition) is 0. The van der Waals surface area contributed by atoms with Crippen LogP contribution in [0.15, 0.2) is 36.5 Å². The van der Waals surface area contributed by atoms with E-state index in [0.29, 0.717) is 36.3 Å². The molecule has 7 heteroatoms. The Morgan fingerprint density at radius 1 is 1.19 bits per heavy atom. The molecule has 0 radical (unpaired) electrons. The summed E-state index contributed by atoms with van der Waals surface area (Å²) in [6.07, 6.45) is 1.75. The molecule has 0 N–H and O–H groups in total. The molecule has 1 unspecified atom stereocenters. The summed E-state index contributed by atoms with van der Waals surface area (Å²) in [4.78, 5) is 18.6. The van der Waals surface area contributed by atoms with Gasteiger partial charge in [-0.15, -0.1) is 11.8 Å². The summed E-state index contributed by atoms with van der Waals surface area (Å²) in [5, 5.41) is -0.167. The minimum absolute atomic E-state index is 0.0850. The Hall–Kier alpha value is -2.41. The third-order valence-electron chi connectivity index (χ3n) is 4.12. The van der Waals surface area contributed by atoms with Crippen LogP contribution in [0.5, 0.6) is 17.4 Å². The number of carbonyl (C=O) groups is 1. The van der Waals surface area contributed by atoms with E-state index in [1.807, 2.05) is 42.2 Å². The highest BCUT2D eigenvalue weighted by atomic mass is 32.2. The maximum Gasteiger partial charge on any atom is 0.234 e. The number of benzene rings is 1. The number of rotatable bonds is 7. The highest BCUT2D eigenvalue weighted by molar-refractivity contribution is 8.00. The summed E-state index contributed by atoms with van der Waals surface area (Å²) in [6.45, 7) is 2.96. The third-order valence-corrected chi connectivity index (χ3v) is 5.34. The highest BCUT2D eigenvalue weighted by Crippen LogP contribution is 2.47. The van der Waals surface area contributed by atoms with Crippen LogP contribution in [-0.4, -0.2) is 42.4 Å². The number of hydrogen-bond acceptors (Lipinski definition) is 6. The van der Waals surface area contributed by atoms with Crippen molar-refractivity contribution in [2.24, 2.45) is 0 Å². The zero-order chi connectivity index (χ0) is 18.5. The first-order valence-corrected chi connectivity index (χ1v) is 9.42. The maximum absolute atomic E-state index is 12.5. The van der Waals surface area contributed by atoms with Crippen molar-refractivity contribution < 1.29 is 19.0 Å². The van der Waals surface area contributed by atoms with Crippen molar-refractivity contribution in [1.82, 2.24) is 9.88 Å². The van der Waals surface area contributed by atoms with Gasteiger partial charge in [-0.2, -0.15) is 0 Å². The van der Waals surface area contributed by atoms with E-state index in [2.05, 4.69) is 4.98 Å². The number of pyridine rings is 1. The molecule has 2 heterocycles. The summed E-state index contributed by atoms with van der Waals surface area (Å²) < 4.78 is 16.4. The van der Waals surface area contributed by atoms with Crippen LogP contribution in [0.25, 0.3) is 0 Å². The van der Waals surface area contributed by atoms with E-state index >= 15 is 0 Å². The molecule has 1 fully saturated rings. The molecular weight excluding hydrogens is 352 g/mol. The number of nitrogens with zero attached hydrogens (tertiary/aromatic N) is 2. The molecule has 26 heavy (non-hydrogen) atoms. The molecule has 6 nitrogen and oxygen atoms in total. The lowest BCUT2D eigenvalue weighted by atomic mass is 10.1. The fourth-order valence-corrected chi connectivity index (χ4v) is 4.16. The van der Waals surface area contributed by atoms with Crippen LogP contribution in [0.4, 0.5) is 0 Å². The van der Waals surface area contributed by atoms with Gasteiger partial charge in [0.25, 0.3) is 0 Å². The lowest BCUT2D eigenvalue weighted by Gasteiger charge is -2.26. The lowest BCUT2D eigenvalue weighted by Crippen LogP contribution is -2.28. The molecule has 1 saturated heterocycles. The summed E-state index contributed by atoms with van der Waals surface area (Å²) >= 11 is 1.57. The second-order valence-electron chi connectivity index (χ2n) is 5.70. The van der Waals surface area contributed by atoms with Gasteiger partial charge in [-0.25, -0.2) is 4.98 Å². The topological polar surface area (TPSA) is 60.9 Å². The number of carbonyl (C=O) groups excluding carboxylic acids is 1. The predicted molar refractivity (Wildman–Crippen MR) is 101 cm³/mol. The van der Waals surface area contributed by atoms with Crippen molar-refractivity contribution in [1.29, 1.82) is 0 Å². The second kappa shape index (κ2) is 8.31. The van der Waals surface area contributed by atoms with Crippen molar-refractivity contribution in [2.45, 2.75) is 18.8 Å². The first kappa shape index (κ1) is 18.4. The molecule has 138 valence electrons. The summed E-state index contributed by atoms with van der Waals surface area (Å²) in [6, 6.07) is 9.41. The molecule has 0 bridgehead atoms. The molecule has 1 aromatic heterocycles. The Morgan fingerprint density at radius 3 is 2.50 bits per heavy atom. The quantitative estimate of drug-likeness (QED) is 0.741. The Bertz CT molecular complexity index is 744. The van der Waals surface area contributed by atoms with Crippen molar-refractivity contribution in [3.8, 4) is 17.4 Å². The van der Waals surface area contributed by atoms with E-state index in [-0.39, 0.29) is 11.3 Å². The molecular formula is C19H22N2O4S. The molecule has 2 aromatic rings. The van der Waals surface area contributed by atoms with Crippen LogP contribution in [-0.2, 0) is 11.3 Å². The highest BCUT2D eigenvalue weighted by Gasteiger charge is 2.36. The van der Waals surface area contributed by atoms with Crippen molar-refractivity contribution in [3.63, 3.8) is 0 Å². The smallest absolute Gasteiger partial charge is 0.234 e. The van der Waals surface area contributed by atoms with E-state index in [4.69, 9.17) is 14.2 Å². The molecule has 1 aromatic carbocycles. The lowest BCUT2D eigenvalue weighted by molar-refractivity contribution is -0.128. The molecule has 1 amide bonds. The van der Waals surface area contributed by atoms with Gasteiger partial charge >= 0.3 is 0 Å². The van der Waals surface area contributed by atoms with Crippen LogP contribution >= 0.6 is 11.8 Å². The summed E-state index contributed by atoms with van der Waals surface area (Å²) in [5.74, 6) is 2.52. The van der Waals surface area contributed by atoms with Gasteiger partial charge in [-0.05, 0) is 24.6 Å². The standard InChI is InChI=1S/C19H22N2O4S/c1-4-25-16-9-8-13(10-20-16)11-21-17(22)12-26-19(21)18-14(23-2)6-5-7-15(18)24-3/h5-10,19H,4,11-12H2,1-3H3. The molecule has 1 atom stereocenters. The van der Waals surface area contributed by atoms with Crippen LogP contribution in [0.3, 0.4) is 0 Å². The largest absolute Gasteiger partial charge is 0.496 e. The van der Waals surface area contributed by atoms with E-state index in [1.165, 1.54) is 0 Å². The van der Waals surface area contributed by atoms with Gasteiger partial charge in [0.2, 0.25) is 11.8 Å². The summed E-state index contributed by atoms with van der Waals surface area (Å²) in [5.41, 5.74) is 1.83. The number of methoxy groups -OCH3 is 2. The number of thioether (sulfide) groups is 1. The SMILES string of the molecule is CCOc1ccc(CN2C(=O)CSC2c2c(OC)cccc2OC)cn1. The average Bonchev–Trinajstić information content (AvgIpc) is 3.03. The normalized spacial score (nSPS) is 16.7. The van der Waals surface area contributed by atoms with Crippen molar-refractivity contribution in [3.05, 3.63) is 47.7 Å². The van der Waals surface area contributed by atoms with Gasteiger partial charge < -0.3 is 19.1 Å². The van der Waals surface area contributed by atoms with Gasteiger partial charge in [-0.3, -0.25) is 4.79 Å². The molecule has 0 spiro atoms. The molecule has 0 aliphatic carbocycles. The number of ether oxygens (including phenoxy) is 3. The van der Waals surface area contributed by atoms with E-state index in [1.54, 1.807) is 32.2 Å². The van der Waals surface area contributed by atoms with Crippen molar-refractivity contribution >= 4 is 17.7 Å². The van der Waals surface area contributed by atoms with E-state index < -0.39 is 0 Å². The Morgan fingerprint density at radius 2 is 1.92 bits per heavy atom. The Balaban J connectivity index is 1.88. The monoisotopic (exact) mass is 374 g/mol. The van der Waals surface area contributed by atoms with Gasteiger partial charge in [0.05, 0.1) is 32.1 Å². The van der Waals surface area contributed by atoms with E-state index in [9.17, 15) is 4.79 Å². The van der Waals surface area contributed by atoms with Crippen LogP contribution in [0, 0.1) is 0 Å². The van der Waals surface area contributed by atoms with Gasteiger partial charge in [0.15, 0.2) is 0 Å². The van der Waals surface area contributed by atoms with Gasteiger partial charge in [0, 0.05) is 18.8 Å². The van der Waals surface area contributed by atoms with Crippen LogP contribution in [0.2, 0.25) is 0 Å². The average molecular weight is 374 g/mol.